The quantitative estimate of drug-likeness (QED) is 0.382. The Balaban J connectivity index is 0.00000240. The molecule has 0 fully saturated rings. The molecule has 0 radical (unpaired) electrons. The number of nitrogens with zero attached hydrogens (tertiary/aromatic N) is 4. The van der Waals surface area contributed by atoms with Gasteiger partial charge in [-0.3, -0.25) is 0 Å². The van der Waals surface area contributed by atoms with Gasteiger partial charge in [0.2, 0.25) is 0 Å². The van der Waals surface area contributed by atoms with Crippen molar-refractivity contribution in [1.29, 1.82) is 0 Å². The van der Waals surface area contributed by atoms with E-state index in [1.807, 2.05) is 0 Å². The van der Waals surface area contributed by atoms with Crippen LogP contribution >= 0.6 is 0 Å². The van der Waals surface area contributed by atoms with Crippen LogP contribution in [0.15, 0.2) is 60.7 Å². The molecule has 0 amide bonds. The molecule has 0 unspecified atom stereocenters. The second-order valence-electron chi connectivity index (χ2n) is 6.48. The molecule has 8 heteroatoms. The van der Waals surface area contributed by atoms with E-state index >= 15 is 0 Å². The zero-order chi connectivity index (χ0) is 19.8. The van der Waals surface area contributed by atoms with Crippen LogP contribution in [0.1, 0.15) is 11.4 Å². The molecular weight excluding hydrogens is 551 g/mol. The summed E-state index contributed by atoms with van der Waals surface area (Å²) in [5.74, 6) is 0.188. The van der Waals surface area contributed by atoms with E-state index in [2.05, 4.69) is 10.2 Å². The molecule has 0 saturated carbocycles. The Morgan fingerprint density at radius 1 is 0.759 bits per heavy atom. The van der Waals surface area contributed by atoms with Crippen molar-refractivity contribution in [3.05, 3.63) is 72.1 Å². The summed E-state index contributed by atoms with van der Waals surface area (Å²) in [4.78, 5) is 13.0. The number of phenolic OH excluding ortho intramolecular Hbond substituents is 2. The Bertz CT molecular complexity index is 1100. The maximum absolute atomic E-state index is 13.0. The fourth-order valence-corrected chi connectivity index (χ4v) is 3.07. The fraction of sp³-hybridized carbons (Fsp3) is 0.0952. The third-order valence-electron chi connectivity index (χ3n) is 4.50. The first-order chi connectivity index (χ1) is 13.5. The third-order valence-corrected chi connectivity index (χ3v) is 4.50. The second kappa shape index (κ2) is 8.05. The number of phenols is 2. The van der Waals surface area contributed by atoms with E-state index in [4.69, 9.17) is 0 Å². The van der Waals surface area contributed by atoms with Crippen LogP contribution in [-0.4, -0.2) is 35.8 Å². The van der Waals surface area contributed by atoms with E-state index in [-0.39, 0.29) is 32.6 Å². The van der Waals surface area contributed by atoms with Gasteiger partial charge in [0.15, 0.2) is 0 Å². The molecule has 0 spiro atoms. The summed E-state index contributed by atoms with van der Waals surface area (Å²) in [6.07, 6.45) is 0. The van der Waals surface area contributed by atoms with Crippen molar-refractivity contribution in [2.24, 2.45) is 0 Å². The van der Waals surface area contributed by atoms with Crippen molar-refractivity contribution in [3.8, 4) is 34.0 Å². The van der Waals surface area contributed by atoms with Crippen LogP contribution in [0.25, 0.3) is 22.5 Å². The van der Waals surface area contributed by atoms with Gasteiger partial charge in [0.1, 0.15) is 11.5 Å². The monoisotopic (exact) mass is 569 g/mol. The smallest absolute Gasteiger partial charge is 0.369 e. The van der Waals surface area contributed by atoms with Crippen LogP contribution in [0.2, 0.25) is 0 Å². The normalized spacial score (nSPS) is 10.6. The number of hydrogen-bond acceptors (Lipinski definition) is 5. The number of para-hydroxylation sites is 2. The molecule has 0 bridgehead atoms. The van der Waals surface area contributed by atoms with Crippen molar-refractivity contribution < 1.29 is 36.1 Å². The van der Waals surface area contributed by atoms with Gasteiger partial charge in [0, 0.05) is 43.6 Å². The molecule has 7 nitrogen and oxygen atoms in total. The predicted octanol–water partition coefficient (Wildman–Crippen LogP) is 3.96. The van der Waals surface area contributed by atoms with Gasteiger partial charge in [-0.25, -0.2) is 4.79 Å². The topological polar surface area (TPSA) is 93.2 Å². The fourth-order valence-electron chi connectivity index (χ4n) is 3.07. The Labute approximate surface area is 181 Å². The maximum Gasteiger partial charge on any atom is 0.369 e. The van der Waals surface area contributed by atoms with Gasteiger partial charge in [-0.15, -0.1) is 0 Å². The molecular formula is C21H18N4O3Pt. The largest absolute Gasteiger partial charge is 0.507 e. The summed E-state index contributed by atoms with van der Waals surface area (Å²) in [6.45, 7) is 3.52. The predicted molar refractivity (Wildman–Crippen MR) is 104 cm³/mol. The average Bonchev–Trinajstić information content (AvgIpc) is 3.25. The Hall–Kier alpha value is -3.18. The van der Waals surface area contributed by atoms with Crippen molar-refractivity contribution >= 4 is 6.03 Å². The number of carbonyl (C=O) groups is 1. The first kappa shape index (κ1) is 20.5. The molecule has 0 aliphatic rings. The summed E-state index contributed by atoms with van der Waals surface area (Å²) in [5.41, 5.74) is 3.31. The first-order valence-corrected chi connectivity index (χ1v) is 8.70. The minimum absolute atomic E-state index is 0. The van der Waals surface area contributed by atoms with E-state index in [9.17, 15) is 15.0 Å². The van der Waals surface area contributed by atoms with Crippen LogP contribution in [0.4, 0.5) is 4.79 Å². The number of aromatic nitrogens is 4. The van der Waals surface area contributed by atoms with Gasteiger partial charge >= 0.3 is 6.03 Å². The molecule has 29 heavy (non-hydrogen) atoms. The molecule has 2 aromatic carbocycles. The number of aromatic hydroxyl groups is 2. The van der Waals surface area contributed by atoms with Crippen molar-refractivity contribution in [1.82, 2.24) is 19.6 Å². The van der Waals surface area contributed by atoms with Gasteiger partial charge < -0.3 is 10.2 Å². The molecule has 0 aliphatic carbocycles. The van der Waals surface area contributed by atoms with E-state index < -0.39 is 6.03 Å². The molecule has 4 rings (SSSR count). The summed E-state index contributed by atoms with van der Waals surface area (Å²) in [6, 6.07) is 16.7. The molecule has 0 aliphatic heterocycles. The van der Waals surface area contributed by atoms with Crippen LogP contribution in [-0.2, 0) is 21.1 Å². The minimum atomic E-state index is -0.446. The van der Waals surface area contributed by atoms with Gasteiger partial charge in [0.25, 0.3) is 0 Å². The van der Waals surface area contributed by atoms with Gasteiger partial charge in [0.05, 0.1) is 11.4 Å². The molecule has 4 aromatic rings. The first-order valence-electron chi connectivity index (χ1n) is 8.70. The summed E-state index contributed by atoms with van der Waals surface area (Å²) in [7, 11) is 0. The number of carbonyl (C=O) groups excluding carboxylic acids is 1. The summed E-state index contributed by atoms with van der Waals surface area (Å²) >= 11 is 0. The molecule has 2 N–H and O–H groups in total. The number of hydrogen-bond donors (Lipinski definition) is 2. The molecule has 0 saturated heterocycles. The second-order valence-corrected chi connectivity index (χ2v) is 6.48. The van der Waals surface area contributed by atoms with Crippen molar-refractivity contribution in [3.63, 3.8) is 0 Å². The SMILES string of the molecule is Cc1cc(-c2ccccc2O)nn1C(=O)n1nc(-c2ccccc2O)cc1C.[Pt]. The standard InChI is InChI=1S/C21H18N4O3.Pt/c1-13-11-17(15-7-3-5-9-19(15)26)22-24(13)21(28)25-14(2)12-18(23-25)16-8-4-6-10-20(16)27;/h3-12,26-27H,1-2H3;. The summed E-state index contributed by atoms with van der Waals surface area (Å²) < 4.78 is 2.49. The van der Waals surface area contributed by atoms with E-state index in [0.29, 0.717) is 33.9 Å². The van der Waals surface area contributed by atoms with Crippen molar-refractivity contribution in [2.75, 3.05) is 0 Å². The number of benzene rings is 2. The minimum Gasteiger partial charge on any atom is -0.507 e. The Morgan fingerprint density at radius 3 is 1.52 bits per heavy atom. The van der Waals surface area contributed by atoms with Crippen LogP contribution in [0.3, 0.4) is 0 Å². The van der Waals surface area contributed by atoms with Crippen LogP contribution < -0.4 is 0 Å². The molecule has 150 valence electrons. The number of rotatable bonds is 2. The van der Waals surface area contributed by atoms with Crippen LogP contribution in [0, 0.1) is 13.8 Å². The molecule has 2 aromatic heterocycles. The zero-order valence-electron chi connectivity index (χ0n) is 15.7. The molecule has 0 atom stereocenters. The zero-order valence-corrected chi connectivity index (χ0v) is 18.0. The molecule has 2 heterocycles. The van der Waals surface area contributed by atoms with E-state index in [1.54, 1.807) is 74.5 Å². The van der Waals surface area contributed by atoms with Gasteiger partial charge in [-0.2, -0.15) is 19.6 Å². The maximum atomic E-state index is 13.0. The summed E-state index contributed by atoms with van der Waals surface area (Å²) in [5, 5.41) is 28.8. The van der Waals surface area contributed by atoms with E-state index in [1.165, 1.54) is 9.36 Å². The Kier molecular flexibility index (Phi) is 5.71. The Morgan fingerprint density at radius 2 is 1.14 bits per heavy atom. The van der Waals surface area contributed by atoms with E-state index in [0.717, 1.165) is 0 Å². The van der Waals surface area contributed by atoms with Crippen molar-refractivity contribution in [2.45, 2.75) is 13.8 Å². The van der Waals surface area contributed by atoms with Crippen LogP contribution in [0.5, 0.6) is 11.5 Å². The number of aryl methyl sites for hydroxylation is 2. The van der Waals surface area contributed by atoms with Gasteiger partial charge in [-0.1, -0.05) is 24.3 Å². The average molecular weight is 569 g/mol. The van der Waals surface area contributed by atoms with Gasteiger partial charge in [-0.05, 0) is 50.2 Å². The third kappa shape index (κ3) is 3.74.